The molecule has 0 N–H and O–H groups in total. The Balaban J connectivity index is 2.14. The van der Waals surface area contributed by atoms with Crippen molar-refractivity contribution >= 4 is 19.2 Å². The van der Waals surface area contributed by atoms with Gasteiger partial charge < -0.3 is 0 Å². The van der Waals surface area contributed by atoms with Crippen molar-refractivity contribution in [3.63, 3.8) is 0 Å². The van der Waals surface area contributed by atoms with Gasteiger partial charge in [0.05, 0.1) is 0 Å². The van der Waals surface area contributed by atoms with Crippen molar-refractivity contribution in [1.29, 1.82) is 0 Å². The zero-order valence-electron chi connectivity index (χ0n) is 16.3. The summed E-state index contributed by atoms with van der Waals surface area (Å²) in [5, 5.41) is 0. The minimum absolute atomic E-state index is 0.00558. The third kappa shape index (κ3) is 4.81. The van der Waals surface area contributed by atoms with Crippen LogP contribution in [0.1, 0.15) is 79.6 Å². The van der Waals surface area contributed by atoms with Crippen LogP contribution in [0.15, 0.2) is 0 Å². The first-order valence-corrected chi connectivity index (χ1v) is 11.3. The molecule has 6 heteroatoms. The van der Waals surface area contributed by atoms with E-state index in [9.17, 15) is 14.2 Å². The topological polar surface area (TPSA) is 69.7 Å². The summed E-state index contributed by atoms with van der Waals surface area (Å²) >= 11 is 0. The van der Waals surface area contributed by atoms with E-state index in [-0.39, 0.29) is 17.7 Å². The van der Waals surface area contributed by atoms with Crippen molar-refractivity contribution in [3.8, 4) is 0 Å². The van der Waals surface area contributed by atoms with Crippen LogP contribution in [0.25, 0.3) is 0 Å². The molecule has 144 valence electrons. The normalized spacial score (nSPS) is 31.6. The molecule has 0 bridgehead atoms. The van der Waals surface area contributed by atoms with E-state index in [0.717, 1.165) is 25.7 Å². The molecule has 0 saturated heterocycles. The van der Waals surface area contributed by atoms with Crippen LogP contribution in [-0.2, 0) is 23.2 Å². The number of rotatable bonds is 6. The van der Waals surface area contributed by atoms with E-state index in [2.05, 4.69) is 0 Å². The zero-order chi connectivity index (χ0) is 18.9. The molecule has 0 aromatic rings. The maximum Gasteiger partial charge on any atom is 0.332 e. The minimum Gasteiger partial charge on any atom is -0.297 e. The van der Waals surface area contributed by atoms with Gasteiger partial charge in [-0.15, -0.1) is 0 Å². The summed E-state index contributed by atoms with van der Waals surface area (Å²) in [7, 11) is -3.49. The highest BCUT2D eigenvalue weighted by molar-refractivity contribution is 7.53. The first-order valence-electron chi connectivity index (χ1n) is 9.55. The standard InChI is InChI=1S/C19H33O5P/c1-6-13-25(22,23-14-9-7-11-18(2,3)16(14)20)24-15-10-8-12-19(4,5)17(15)21/h14-15H,6-13H2,1-5H3. The van der Waals surface area contributed by atoms with Crippen LogP contribution in [0.4, 0.5) is 0 Å². The number of carbonyl (C=O) groups is 2. The lowest BCUT2D eigenvalue weighted by molar-refractivity contribution is -0.140. The van der Waals surface area contributed by atoms with E-state index in [1.165, 1.54) is 0 Å². The highest BCUT2D eigenvalue weighted by atomic mass is 31.2. The Bertz CT molecular complexity index is 522. The molecule has 2 fully saturated rings. The second-order valence-corrected chi connectivity index (χ2v) is 10.9. The van der Waals surface area contributed by atoms with Crippen LogP contribution in [0.2, 0.25) is 0 Å². The van der Waals surface area contributed by atoms with Crippen LogP contribution < -0.4 is 0 Å². The average Bonchev–Trinajstić information content (AvgIpc) is 2.49. The van der Waals surface area contributed by atoms with Crippen LogP contribution >= 0.6 is 7.60 Å². The molecule has 2 atom stereocenters. The lowest BCUT2D eigenvalue weighted by Gasteiger charge is -2.37. The molecule has 2 aliphatic rings. The Hall–Kier alpha value is -0.510. The summed E-state index contributed by atoms with van der Waals surface area (Å²) in [5.41, 5.74) is -0.911. The summed E-state index contributed by atoms with van der Waals surface area (Å²) in [6.45, 7) is 9.53. The van der Waals surface area contributed by atoms with Crippen LogP contribution in [-0.4, -0.2) is 29.9 Å². The molecule has 2 saturated carbocycles. The maximum absolute atomic E-state index is 13.3. The largest absolute Gasteiger partial charge is 0.332 e. The van der Waals surface area contributed by atoms with Gasteiger partial charge in [-0.05, 0) is 44.9 Å². The van der Waals surface area contributed by atoms with E-state index in [0.29, 0.717) is 19.3 Å². The molecular formula is C19H33O5P. The van der Waals surface area contributed by atoms with Crippen molar-refractivity contribution in [2.24, 2.45) is 10.8 Å². The summed E-state index contributed by atoms with van der Waals surface area (Å²) in [6, 6.07) is 0. The molecule has 2 aliphatic carbocycles. The second kappa shape index (κ2) is 7.62. The highest BCUT2D eigenvalue weighted by Crippen LogP contribution is 2.54. The lowest BCUT2D eigenvalue weighted by atomic mass is 9.75. The SMILES string of the molecule is CCCP(=O)(OC1CCCC(C)(C)C1=O)OC1CCCC(C)(C)C1=O. The Labute approximate surface area is 151 Å². The molecule has 2 rings (SSSR count). The number of Topliss-reactive ketones (excluding diaryl/α,β-unsaturated/α-hetero) is 2. The molecule has 0 heterocycles. The first-order chi connectivity index (χ1) is 11.5. The number of hydrogen-bond donors (Lipinski definition) is 0. The molecule has 0 spiro atoms. The molecular weight excluding hydrogens is 339 g/mol. The lowest BCUT2D eigenvalue weighted by Crippen LogP contribution is -2.42. The van der Waals surface area contributed by atoms with Gasteiger partial charge in [-0.1, -0.05) is 34.6 Å². The Morgan fingerprint density at radius 2 is 1.32 bits per heavy atom. The van der Waals surface area contributed by atoms with Gasteiger partial charge in [-0.3, -0.25) is 23.2 Å². The number of carbonyl (C=O) groups excluding carboxylic acids is 2. The predicted octanol–water partition coefficient (Wildman–Crippen LogP) is 4.92. The van der Waals surface area contributed by atoms with Gasteiger partial charge in [-0.2, -0.15) is 0 Å². The average molecular weight is 372 g/mol. The van der Waals surface area contributed by atoms with E-state index in [4.69, 9.17) is 9.05 Å². The molecule has 5 nitrogen and oxygen atoms in total. The smallest absolute Gasteiger partial charge is 0.297 e. The van der Waals surface area contributed by atoms with Crippen LogP contribution in [0.3, 0.4) is 0 Å². The van der Waals surface area contributed by atoms with Crippen molar-refractivity contribution in [2.75, 3.05) is 6.16 Å². The Kier molecular flexibility index (Phi) is 6.34. The van der Waals surface area contributed by atoms with Gasteiger partial charge in [0.15, 0.2) is 11.6 Å². The molecule has 25 heavy (non-hydrogen) atoms. The van der Waals surface area contributed by atoms with Crippen molar-refractivity contribution in [3.05, 3.63) is 0 Å². The minimum atomic E-state index is -3.49. The zero-order valence-corrected chi connectivity index (χ0v) is 17.2. The van der Waals surface area contributed by atoms with Crippen LogP contribution in [0.5, 0.6) is 0 Å². The van der Waals surface area contributed by atoms with Gasteiger partial charge >= 0.3 is 7.60 Å². The van der Waals surface area contributed by atoms with Gasteiger partial charge in [0.1, 0.15) is 12.2 Å². The van der Waals surface area contributed by atoms with Crippen molar-refractivity contribution in [1.82, 2.24) is 0 Å². The van der Waals surface area contributed by atoms with E-state index < -0.39 is 30.6 Å². The summed E-state index contributed by atoms with van der Waals surface area (Å²) in [4.78, 5) is 25.2. The van der Waals surface area contributed by atoms with Gasteiger partial charge in [0, 0.05) is 17.0 Å². The molecule has 0 aromatic carbocycles. The van der Waals surface area contributed by atoms with Crippen molar-refractivity contribution < 1.29 is 23.2 Å². The molecule has 0 radical (unpaired) electrons. The van der Waals surface area contributed by atoms with Gasteiger partial charge in [-0.25, -0.2) is 0 Å². The highest BCUT2D eigenvalue weighted by Gasteiger charge is 2.45. The molecule has 2 unspecified atom stereocenters. The van der Waals surface area contributed by atoms with Gasteiger partial charge in [0.2, 0.25) is 0 Å². The van der Waals surface area contributed by atoms with Gasteiger partial charge in [0.25, 0.3) is 0 Å². The van der Waals surface area contributed by atoms with E-state index in [1.54, 1.807) is 0 Å². The number of hydrogen-bond acceptors (Lipinski definition) is 5. The second-order valence-electron chi connectivity index (χ2n) is 8.80. The Morgan fingerprint density at radius 1 is 0.920 bits per heavy atom. The van der Waals surface area contributed by atoms with Crippen LogP contribution in [0, 0.1) is 10.8 Å². The van der Waals surface area contributed by atoms with Crippen molar-refractivity contribution in [2.45, 2.75) is 91.8 Å². The third-order valence-electron chi connectivity index (χ3n) is 5.53. The van der Waals surface area contributed by atoms with E-state index >= 15 is 0 Å². The maximum atomic E-state index is 13.3. The Morgan fingerprint density at radius 3 is 1.68 bits per heavy atom. The fourth-order valence-corrected chi connectivity index (χ4v) is 5.82. The fourth-order valence-electron chi connectivity index (χ4n) is 3.83. The number of ketones is 2. The fraction of sp³-hybridized carbons (Fsp3) is 0.895. The molecule has 0 aromatic heterocycles. The monoisotopic (exact) mass is 372 g/mol. The molecule has 0 amide bonds. The first kappa shape index (κ1) is 20.8. The summed E-state index contributed by atoms with van der Waals surface area (Å²) < 4.78 is 24.9. The third-order valence-corrected chi connectivity index (χ3v) is 7.67. The predicted molar refractivity (Wildman–Crippen MR) is 97.8 cm³/mol. The quantitative estimate of drug-likeness (QED) is 0.619. The molecule has 0 aliphatic heterocycles. The van der Waals surface area contributed by atoms with E-state index in [1.807, 2.05) is 34.6 Å². The summed E-state index contributed by atoms with van der Waals surface area (Å²) in [5.74, 6) is -0.0112. The summed E-state index contributed by atoms with van der Waals surface area (Å²) in [6.07, 6.45) is 4.00.